The van der Waals surface area contributed by atoms with Gasteiger partial charge in [0.2, 0.25) is 0 Å². The van der Waals surface area contributed by atoms with E-state index in [4.69, 9.17) is 0 Å². The number of halogens is 1. The number of amides is 2. The third-order valence-electron chi connectivity index (χ3n) is 5.00. The van der Waals surface area contributed by atoms with Crippen molar-refractivity contribution in [1.82, 2.24) is 14.8 Å². The molecular weight excluding hydrogens is 371 g/mol. The molecule has 0 unspecified atom stereocenters. The lowest BCUT2D eigenvalue weighted by Gasteiger charge is -2.24. The van der Waals surface area contributed by atoms with Crippen LogP contribution in [-0.4, -0.2) is 41.9 Å². The Morgan fingerprint density at radius 1 is 1.14 bits per heavy atom. The van der Waals surface area contributed by atoms with Crippen LogP contribution in [0.25, 0.3) is 10.9 Å². The number of anilines is 1. The van der Waals surface area contributed by atoms with E-state index in [9.17, 15) is 14.0 Å². The molecule has 0 radical (unpaired) electrons. The Kier molecular flexibility index (Phi) is 5.98. The normalized spacial score (nSPS) is 12.2. The molecule has 1 aromatic heterocycles. The first-order valence-corrected chi connectivity index (χ1v) is 9.33. The molecule has 0 saturated heterocycles. The van der Waals surface area contributed by atoms with Gasteiger partial charge >= 0.3 is 11.8 Å². The van der Waals surface area contributed by atoms with Crippen molar-refractivity contribution in [2.45, 2.75) is 13.0 Å². The number of para-hydroxylation sites is 1. The minimum Gasteiger partial charge on any atom is -0.350 e. The lowest BCUT2D eigenvalue weighted by molar-refractivity contribution is -0.136. The van der Waals surface area contributed by atoms with Gasteiger partial charge in [-0.1, -0.05) is 24.3 Å². The number of hydrogen-bond donors (Lipinski definition) is 2. The fourth-order valence-corrected chi connectivity index (χ4v) is 3.34. The van der Waals surface area contributed by atoms with E-state index in [2.05, 4.69) is 10.6 Å². The van der Waals surface area contributed by atoms with Gasteiger partial charge in [0.25, 0.3) is 0 Å². The summed E-state index contributed by atoms with van der Waals surface area (Å²) in [6.07, 6.45) is 2.04. The average molecular weight is 396 g/mol. The predicted octanol–water partition coefficient (Wildman–Crippen LogP) is 2.98. The summed E-state index contributed by atoms with van der Waals surface area (Å²) in [5.41, 5.74) is 2.87. The number of hydrogen-bond acceptors (Lipinski definition) is 3. The zero-order valence-electron chi connectivity index (χ0n) is 17.0. The van der Waals surface area contributed by atoms with Gasteiger partial charge in [-0.2, -0.15) is 0 Å². The molecule has 0 aliphatic rings. The third-order valence-corrected chi connectivity index (χ3v) is 5.00. The summed E-state index contributed by atoms with van der Waals surface area (Å²) in [7, 11) is 5.83. The Labute approximate surface area is 169 Å². The van der Waals surface area contributed by atoms with E-state index in [1.165, 1.54) is 6.07 Å². The highest BCUT2D eigenvalue weighted by molar-refractivity contribution is 6.39. The van der Waals surface area contributed by atoms with Crippen molar-refractivity contribution in [1.29, 1.82) is 0 Å². The Hall–Kier alpha value is -3.19. The molecule has 3 rings (SSSR count). The topological polar surface area (TPSA) is 66.4 Å². The first kappa shape index (κ1) is 20.5. The fourth-order valence-electron chi connectivity index (χ4n) is 3.34. The number of nitrogens with zero attached hydrogens (tertiary/aromatic N) is 2. The van der Waals surface area contributed by atoms with E-state index in [0.717, 1.165) is 16.5 Å². The average Bonchev–Trinajstić information content (AvgIpc) is 3.01. The Balaban J connectivity index is 1.70. The number of fused-ring (bicyclic) bond motifs is 1. The van der Waals surface area contributed by atoms with Crippen molar-refractivity contribution in [3.63, 3.8) is 0 Å². The number of nitrogens with one attached hydrogen (secondary N) is 2. The summed E-state index contributed by atoms with van der Waals surface area (Å²) in [5, 5.41) is 6.21. The van der Waals surface area contributed by atoms with Crippen LogP contribution in [0.3, 0.4) is 0 Å². The van der Waals surface area contributed by atoms with Gasteiger partial charge in [-0.25, -0.2) is 4.39 Å². The van der Waals surface area contributed by atoms with Gasteiger partial charge in [0.15, 0.2) is 0 Å². The van der Waals surface area contributed by atoms with E-state index in [1.807, 2.05) is 61.1 Å². The van der Waals surface area contributed by atoms with Gasteiger partial charge < -0.3 is 20.1 Å². The summed E-state index contributed by atoms with van der Waals surface area (Å²) in [6, 6.07) is 12.2. The molecule has 0 bridgehead atoms. The molecule has 0 fully saturated rings. The molecule has 1 heterocycles. The second-order valence-electron chi connectivity index (χ2n) is 7.32. The van der Waals surface area contributed by atoms with E-state index < -0.39 is 17.6 Å². The summed E-state index contributed by atoms with van der Waals surface area (Å²) in [4.78, 5) is 26.5. The van der Waals surface area contributed by atoms with Crippen molar-refractivity contribution < 1.29 is 14.0 Å². The Morgan fingerprint density at radius 2 is 1.86 bits per heavy atom. The highest BCUT2D eigenvalue weighted by Crippen LogP contribution is 2.28. The van der Waals surface area contributed by atoms with E-state index >= 15 is 0 Å². The van der Waals surface area contributed by atoms with Crippen LogP contribution in [0.4, 0.5) is 10.1 Å². The van der Waals surface area contributed by atoms with Crippen LogP contribution >= 0.6 is 0 Å². The molecule has 1 atom stereocenters. The van der Waals surface area contributed by atoms with Crippen molar-refractivity contribution >= 4 is 28.4 Å². The fraction of sp³-hybridized carbons (Fsp3) is 0.273. The smallest absolute Gasteiger partial charge is 0.313 e. The van der Waals surface area contributed by atoms with Crippen LogP contribution in [-0.2, 0) is 16.6 Å². The third kappa shape index (κ3) is 4.46. The molecule has 7 heteroatoms. The molecule has 2 amide bonds. The first-order valence-electron chi connectivity index (χ1n) is 9.33. The van der Waals surface area contributed by atoms with Crippen molar-refractivity contribution in [3.05, 3.63) is 65.6 Å². The second-order valence-corrected chi connectivity index (χ2v) is 7.32. The minimum atomic E-state index is -0.830. The van der Waals surface area contributed by atoms with Crippen molar-refractivity contribution in [2.75, 3.05) is 26.0 Å². The molecule has 29 heavy (non-hydrogen) atoms. The summed E-state index contributed by atoms with van der Waals surface area (Å²) in [5.74, 6) is -2.03. The molecule has 0 aliphatic carbocycles. The maximum absolute atomic E-state index is 13.6. The lowest BCUT2D eigenvalue weighted by atomic mass is 10.0. The zero-order chi connectivity index (χ0) is 21.1. The SMILES string of the molecule is Cc1ccc(NC(=O)C(=O)NC[C@@H](c2cn(C)c3ccccc23)N(C)C)cc1F. The monoisotopic (exact) mass is 396 g/mol. The predicted molar refractivity (Wildman–Crippen MR) is 112 cm³/mol. The van der Waals surface area contributed by atoms with Crippen LogP contribution in [0.15, 0.2) is 48.7 Å². The second kappa shape index (κ2) is 8.45. The molecule has 6 nitrogen and oxygen atoms in total. The van der Waals surface area contributed by atoms with Crippen LogP contribution in [0.5, 0.6) is 0 Å². The molecule has 2 N–H and O–H groups in total. The number of likely N-dealkylation sites (N-methyl/N-ethyl adjacent to an activating group) is 1. The minimum absolute atomic E-state index is 0.116. The van der Waals surface area contributed by atoms with Gasteiger partial charge in [-0.05, 0) is 50.3 Å². The first-order chi connectivity index (χ1) is 13.8. The zero-order valence-corrected chi connectivity index (χ0v) is 17.0. The number of aryl methyl sites for hydroxylation is 2. The highest BCUT2D eigenvalue weighted by atomic mass is 19.1. The van der Waals surface area contributed by atoms with Crippen LogP contribution in [0, 0.1) is 12.7 Å². The highest BCUT2D eigenvalue weighted by Gasteiger charge is 2.22. The largest absolute Gasteiger partial charge is 0.350 e. The molecule has 0 saturated carbocycles. The summed E-state index contributed by atoms with van der Waals surface area (Å²) in [6.45, 7) is 1.89. The summed E-state index contributed by atoms with van der Waals surface area (Å²) >= 11 is 0. The molecule has 3 aromatic rings. The van der Waals surface area contributed by atoms with E-state index in [1.54, 1.807) is 19.1 Å². The quantitative estimate of drug-likeness (QED) is 0.652. The summed E-state index contributed by atoms with van der Waals surface area (Å²) < 4.78 is 15.7. The van der Waals surface area contributed by atoms with Crippen molar-refractivity contribution in [3.8, 4) is 0 Å². The van der Waals surface area contributed by atoms with Crippen LogP contribution < -0.4 is 10.6 Å². The Morgan fingerprint density at radius 3 is 2.55 bits per heavy atom. The number of carbonyl (C=O) groups excluding carboxylic acids is 2. The Bertz CT molecular complexity index is 1060. The van der Waals surface area contributed by atoms with Crippen LogP contribution in [0.1, 0.15) is 17.2 Å². The lowest BCUT2D eigenvalue weighted by Crippen LogP contribution is -2.40. The number of rotatable bonds is 5. The van der Waals surface area contributed by atoms with Gasteiger partial charge in [0, 0.05) is 36.4 Å². The number of carbonyl (C=O) groups is 2. The van der Waals surface area contributed by atoms with Gasteiger partial charge in [-0.15, -0.1) is 0 Å². The molecular formula is C22H25FN4O2. The molecule has 0 aliphatic heterocycles. The van der Waals surface area contributed by atoms with Crippen molar-refractivity contribution in [2.24, 2.45) is 7.05 Å². The molecule has 152 valence electrons. The molecule has 2 aromatic carbocycles. The van der Waals surface area contributed by atoms with Gasteiger partial charge in [0.1, 0.15) is 5.82 Å². The van der Waals surface area contributed by atoms with Crippen LogP contribution in [0.2, 0.25) is 0 Å². The van der Waals surface area contributed by atoms with E-state index in [-0.39, 0.29) is 18.3 Å². The van der Waals surface area contributed by atoms with E-state index in [0.29, 0.717) is 5.56 Å². The van der Waals surface area contributed by atoms with Gasteiger partial charge in [0.05, 0.1) is 6.04 Å². The maximum atomic E-state index is 13.6. The number of aromatic nitrogens is 1. The standard InChI is InChI=1S/C22H25FN4O2/c1-14-9-10-15(11-18(14)23)25-22(29)21(28)24-12-20(26(2)3)17-13-27(4)19-8-6-5-7-16(17)19/h5-11,13,20H,12H2,1-4H3,(H,24,28)(H,25,29)/t20-/m0/s1. The number of benzene rings is 2. The maximum Gasteiger partial charge on any atom is 0.313 e. The molecule has 0 spiro atoms. The van der Waals surface area contributed by atoms with Gasteiger partial charge in [-0.3, -0.25) is 9.59 Å².